The zero-order valence-corrected chi connectivity index (χ0v) is 13.3. The summed E-state index contributed by atoms with van der Waals surface area (Å²) >= 11 is 3.37. The molecular weight excluding hydrogens is 330 g/mol. The summed E-state index contributed by atoms with van der Waals surface area (Å²) in [5, 5.41) is 6.24. The number of aryl methyl sites for hydroxylation is 1. The first-order chi connectivity index (χ1) is 10.1. The maximum atomic E-state index is 12.5. The Morgan fingerprint density at radius 3 is 3.10 bits per heavy atom. The van der Waals surface area contributed by atoms with E-state index in [0.717, 1.165) is 40.7 Å². The van der Waals surface area contributed by atoms with Crippen LogP contribution in [-0.2, 0) is 13.0 Å². The number of hydrogen-bond acceptors (Lipinski definition) is 3. The van der Waals surface area contributed by atoms with Crippen LogP contribution in [0.25, 0.3) is 0 Å². The number of pyridine rings is 1. The van der Waals surface area contributed by atoms with E-state index in [9.17, 15) is 4.79 Å². The molecule has 0 aliphatic carbocycles. The van der Waals surface area contributed by atoms with Gasteiger partial charge >= 0.3 is 0 Å². The lowest BCUT2D eigenvalue weighted by Crippen LogP contribution is -2.26. The van der Waals surface area contributed by atoms with Crippen molar-refractivity contribution in [3.05, 3.63) is 57.2 Å². The fourth-order valence-electron chi connectivity index (χ4n) is 2.59. The van der Waals surface area contributed by atoms with Crippen molar-refractivity contribution in [2.24, 2.45) is 0 Å². The minimum Gasteiger partial charge on any atom is -0.312 e. The van der Waals surface area contributed by atoms with Gasteiger partial charge in [0.25, 0.3) is 5.91 Å². The SMILES string of the molecule is Cc1cc(Br)cnc1NC(=O)c1cccc2c1CCNC2. The first-order valence-corrected chi connectivity index (χ1v) is 7.69. The predicted molar refractivity (Wildman–Crippen MR) is 86.5 cm³/mol. The number of carbonyl (C=O) groups is 1. The van der Waals surface area contributed by atoms with Crippen LogP contribution in [0.4, 0.5) is 5.82 Å². The molecule has 0 unspecified atom stereocenters. The van der Waals surface area contributed by atoms with Gasteiger partial charge in [0, 0.05) is 22.8 Å². The van der Waals surface area contributed by atoms with Crippen LogP contribution in [0.2, 0.25) is 0 Å². The van der Waals surface area contributed by atoms with Gasteiger partial charge in [0.1, 0.15) is 5.82 Å². The molecule has 1 aliphatic heterocycles. The minimum atomic E-state index is -0.0910. The third-order valence-corrected chi connectivity index (χ3v) is 4.10. The van der Waals surface area contributed by atoms with Crippen molar-refractivity contribution in [3.8, 4) is 0 Å². The van der Waals surface area contributed by atoms with Crippen molar-refractivity contribution in [2.45, 2.75) is 19.9 Å². The Bertz CT molecular complexity index is 700. The van der Waals surface area contributed by atoms with Crippen LogP contribution >= 0.6 is 15.9 Å². The van der Waals surface area contributed by atoms with Crippen molar-refractivity contribution in [1.82, 2.24) is 10.3 Å². The maximum absolute atomic E-state index is 12.5. The second-order valence-electron chi connectivity index (χ2n) is 5.14. The molecule has 0 bridgehead atoms. The van der Waals surface area contributed by atoms with Crippen molar-refractivity contribution < 1.29 is 4.79 Å². The van der Waals surface area contributed by atoms with E-state index in [1.54, 1.807) is 6.20 Å². The van der Waals surface area contributed by atoms with E-state index in [0.29, 0.717) is 5.82 Å². The van der Waals surface area contributed by atoms with Crippen LogP contribution in [-0.4, -0.2) is 17.4 Å². The monoisotopic (exact) mass is 345 g/mol. The molecule has 0 saturated heterocycles. The molecule has 5 heteroatoms. The van der Waals surface area contributed by atoms with Gasteiger partial charge < -0.3 is 10.6 Å². The summed E-state index contributed by atoms with van der Waals surface area (Å²) in [6.07, 6.45) is 2.57. The van der Waals surface area contributed by atoms with E-state index in [1.165, 1.54) is 5.56 Å². The summed E-state index contributed by atoms with van der Waals surface area (Å²) in [4.78, 5) is 16.8. The van der Waals surface area contributed by atoms with Gasteiger partial charge in [0.05, 0.1) is 0 Å². The summed E-state index contributed by atoms with van der Waals surface area (Å²) in [7, 11) is 0. The molecule has 0 radical (unpaired) electrons. The van der Waals surface area contributed by atoms with E-state index in [1.807, 2.05) is 25.1 Å². The highest BCUT2D eigenvalue weighted by molar-refractivity contribution is 9.10. The highest BCUT2D eigenvalue weighted by atomic mass is 79.9. The van der Waals surface area contributed by atoms with Crippen LogP contribution in [0.3, 0.4) is 0 Å². The van der Waals surface area contributed by atoms with Crippen LogP contribution in [0.15, 0.2) is 34.9 Å². The molecule has 3 rings (SSSR count). The summed E-state index contributed by atoms with van der Waals surface area (Å²) in [6, 6.07) is 7.82. The molecule has 1 aromatic heterocycles. The molecule has 2 aromatic rings. The standard InChI is InChI=1S/C16H16BrN3O/c1-10-7-12(17)9-19-15(10)20-16(21)14-4-2-3-11-8-18-6-5-13(11)14/h2-4,7,9,18H,5-6,8H2,1H3,(H,19,20,21). The molecule has 1 aromatic carbocycles. The number of fused-ring (bicyclic) bond motifs is 1. The van der Waals surface area contributed by atoms with Crippen LogP contribution in [0.5, 0.6) is 0 Å². The Morgan fingerprint density at radius 2 is 2.29 bits per heavy atom. The molecule has 0 spiro atoms. The van der Waals surface area contributed by atoms with Crippen molar-refractivity contribution >= 4 is 27.7 Å². The number of nitrogens with one attached hydrogen (secondary N) is 2. The number of hydrogen-bond donors (Lipinski definition) is 2. The Balaban J connectivity index is 1.89. The lowest BCUT2D eigenvalue weighted by molar-refractivity contribution is 0.102. The fourth-order valence-corrected chi connectivity index (χ4v) is 3.04. The van der Waals surface area contributed by atoms with Crippen LogP contribution in [0, 0.1) is 6.92 Å². The first kappa shape index (κ1) is 14.2. The molecular formula is C16H16BrN3O. The van der Waals surface area contributed by atoms with E-state index >= 15 is 0 Å². The average Bonchev–Trinajstić information content (AvgIpc) is 2.49. The summed E-state index contributed by atoms with van der Waals surface area (Å²) < 4.78 is 0.904. The third kappa shape index (κ3) is 2.99. The second kappa shape index (κ2) is 5.95. The van der Waals surface area contributed by atoms with Gasteiger partial charge in [-0.2, -0.15) is 0 Å². The Kier molecular flexibility index (Phi) is 4.03. The number of amides is 1. The van der Waals surface area contributed by atoms with Crippen molar-refractivity contribution in [3.63, 3.8) is 0 Å². The normalized spacial score (nSPS) is 13.6. The Labute approximate surface area is 132 Å². The lowest BCUT2D eigenvalue weighted by Gasteiger charge is -2.20. The largest absolute Gasteiger partial charge is 0.312 e. The minimum absolute atomic E-state index is 0.0910. The van der Waals surface area contributed by atoms with Crippen LogP contribution < -0.4 is 10.6 Å². The molecule has 2 heterocycles. The molecule has 0 atom stereocenters. The Morgan fingerprint density at radius 1 is 1.43 bits per heavy atom. The molecule has 2 N–H and O–H groups in total. The number of anilines is 1. The summed E-state index contributed by atoms with van der Waals surface area (Å²) in [6.45, 7) is 3.66. The van der Waals surface area contributed by atoms with E-state index < -0.39 is 0 Å². The third-order valence-electron chi connectivity index (χ3n) is 3.66. The van der Waals surface area contributed by atoms with Crippen molar-refractivity contribution in [2.75, 3.05) is 11.9 Å². The smallest absolute Gasteiger partial charge is 0.257 e. The summed E-state index contributed by atoms with van der Waals surface area (Å²) in [5.41, 5.74) is 4.03. The molecule has 1 amide bonds. The summed E-state index contributed by atoms with van der Waals surface area (Å²) in [5.74, 6) is 0.515. The number of halogens is 1. The quantitative estimate of drug-likeness (QED) is 0.879. The molecule has 21 heavy (non-hydrogen) atoms. The molecule has 0 saturated carbocycles. The Hall–Kier alpha value is -1.72. The van der Waals surface area contributed by atoms with E-state index in [2.05, 4.69) is 37.6 Å². The second-order valence-corrected chi connectivity index (χ2v) is 6.06. The predicted octanol–water partition coefficient (Wildman–Crippen LogP) is 3.05. The van der Waals surface area contributed by atoms with Gasteiger partial charge in [0.15, 0.2) is 0 Å². The van der Waals surface area contributed by atoms with Gasteiger partial charge in [0.2, 0.25) is 0 Å². The zero-order chi connectivity index (χ0) is 14.8. The number of nitrogens with zero attached hydrogens (tertiary/aromatic N) is 1. The topological polar surface area (TPSA) is 54.0 Å². The van der Waals surface area contributed by atoms with Crippen molar-refractivity contribution in [1.29, 1.82) is 0 Å². The highest BCUT2D eigenvalue weighted by Crippen LogP contribution is 2.21. The molecule has 0 fully saturated rings. The maximum Gasteiger partial charge on any atom is 0.257 e. The van der Waals surface area contributed by atoms with Crippen LogP contribution in [0.1, 0.15) is 27.0 Å². The van der Waals surface area contributed by atoms with E-state index in [4.69, 9.17) is 0 Å². The fraction of sp³-hybridized carbons (Fsp3) is 0.250. The van der Waals surface area contributed by atoms with Gasteiger partial charge in [-0.1, -0.05) is 12.1 Å². The lowest BCUT2D eigenvalue weighted by atomic mass is 9.95. The van der Waals surface area contributed by atoms with Gasteiger partial charge in [-0.25, -0.2) is 4.98 Å². The van der Waals surface area contributed by atoms with Gasteiger partial charge in [-0.05, 0) is 64.6 Å². The first-order valence-electron chi connectivity index (χ1n) is 6.90. The number of rotatable bonds is 2. The molecule has 4 nitrogen and oxygen atoms in total. The number of benzene rings is 1. The number of carbonyl (C=O) groups excluding carboxylic acids is 1. The van der Waals surface area contributed by atoms with Gasteiger partial charge in [-0.15, -0.1) is 0 Å². The molecule has 108 valence electrons. The van der Waals surface area contributed by atoms with E-state index in [-0.39, 0.29) is 5.91 Å². The molecule has 1 aliphatic rings. The zero-order valence-electron chi connectivity index (χ0n) is 11.7. The highest BCUT2D eigenvalue weighted by Gasteiger charge is 2.18. The number of aromatic nitrogens is 1. The van der Waals surface area contributed by atoms with Gasteiger partial charge in [-0.3, -0.25) is 4.79 Å². The average molecular weight is 346 g/mol.